The number of methoxy groups -OCH3 is 1. The number of aliphatic carboxylic acids is 1. The first kappa shape index (κ1) is 21.6. The normalized spacial score (nSPS) is 20.9. The molecule has 0 amide bonds. The van der Waals surface area contributed by atoms with E-state index < -0.39 is 11.4 Å². The number of aromatic nitrogens is 3. The van der Waals surface area contributed by atoms with E-state index in [0.29, 0.717) is 19.4 Å². The fourth-order valence-corrected chi connectivity index (χ4v) is 5.52. The van der Waals surface area contributed by atoms with Gasteiger partial charge in [-0.25, -0.2) is 4.39 Å². The van der Waals surface area contributed by atoms with Crippen LogP contribution in [0.25, 0.3) is 27.5 Å². The Morgan fingerprint density at radius 2 is 2.00 bits per heavy atom. The molecule has 0 bridgehead atoms. The van der Waals surface area contributed by atoms with Crippen LogP contribution in [0, 0.1) is 11.2 Å². The SMILES string of the molecule is COCC(C)(C)c1c([C@H]2C[C@](C)(C(=O)O)C2)c2cc3[nH]ncc3cc2n1-c1ccc(F)cc1. The summed E-state index contributed by atoms with van der Waals surface area (Å²) in [6.45, 7) is 6.57. The van der Waals surface area contributed by atoms with Crippen molar-refractivity contribution in [2.75, 3.05) is 13.7 Å². The molecule has 0 atom stereocenters. The van der Waals surface area contributed by atoms with Crippen LogP contribution < -0.4 is 0 Å². The average Bonchev–Trinajstić information content (AvgIpc) is 3.32. The van der Waals surface area contributed by atoms with Crippen molar-refractivity contribution in [2.24, 2.45) is 5.41 Å². The maximum atomic E-state index is 13.8. The van der Waals surface area contributed by atoms with Crippen LogP contribution >= 0.6 is 0 Å². The van der Waals surface area contributed by atoms with Gasteiger partial charge >= 0.3 is 5.97 Å². The van der Waals surface area contributed by atoms with Crippen molar-refractivity contribution in [3.8, 4) is 5.69 Å². The molecular formula is C26H28FN3O3. The van der Waals surface area contributed by atoms with E-state index in [2.05, 4.69) is 40.7 Å². The first-order valence-electron chi connectivity index (χ1n) is 11.1. The van der Waals surface area contributed by atoms with Crippen LogP contribution in [0.15, 0.2) is 42.6 Å². The van der Waals surface area contributed by atoms with Crippen LogP contribution in [-0.4, -0.2) is 39.6 Å². The van der Waals surface area contributed by atoms with Gasteiger partial charge in [0.25, 0.3) is 0 Å². The smallest absolute Gasteiger partial charge is 0.309 e. The lowest BCUT2D eigenvalue weighted by atomic mass is 9.60. The number of carboxylic acid groups (broad SMARTS) is 1. The van der Waals surface area contributed by atoms with Gasteiger partial charge in [0.2, 0.25) is 0 Å². The highest BCUT2D eigenvalue weighted by Crippen LogP contribution is 2.55. The molecule has 2 heterocycles. The van der Waals surface area contributed by atoms with E-state index in [1.807, 2.05) is 6.92 Å². The number of benzene rings is 2. The van der Waals surface area contributed by atoms with Crippen molar-refractivity contribution >= 4 is 27.8 Å². The summed E-state index contributed by atoms with van der Waals surface area (Å²) in [6.07, 6.45) is 2.94. The van der Waals surface area contributed by atoms with Gasteiger partial charge in [0.15, 0.2) is 0 Å². The van der Waals surface area contributed by atoms with Crippen LogP contribution in [0.5, 0.6) is 0 Å². The van der Waals surface area contributed by atoms with Gasteiger partial charge in [-0.1, -0.05) is 13.8 Å². The van der Waals surface area contributed by atoms with Crippen molar-refractivity contribution in [2.45, 2.75) is 44.9 Å². The number of H-pyrrole nitrogens is 1. The summed E-state index contributed by atoms with van der Waals surface area (Å²) in [5.41, 5.74) is 3.89. The minimum atomic E-state index is -0.755. The van der Waals surface area contributed by atoms with Gasteiger partial charge in [0.05, 0.1) is 29.3 Å². The molecule has 7 heteroatoms. The molecule has 1 fully saturated rings. The lowest BCUT2D eigenvalue weighted by Gasteiger charge is -2.43. The molecule has 0 spiro atoms. The maximum Gasteiger partial charge on any atom is 0.309 e. The molecule has 172 valence electrons. The van der Waals surface area contributed by atoms with Crippen molar-refractivity contribution in [3.05, 3.63) is 59.7 Å². The van der Waals surface area contributed by atoms with Gasteiger partial charge in [0, 0.05) is 34.7 Å². The summed E-state index contributed by atoms with van der Waals surface area (Å²) in [5.74, 6) is -0.946. The molecule has 0 radical (unpaired) electrons. The molecule has 4 aromatic rings. The van der Waals surface area contributed by atoms with E-state index in [4.69, 9.17) is 4.74 Å². The third-order valence-corrected chi connectivity index (χ3v) is 7.12. The molecule has 0 aliphatic heterocycles. The Labute approximate surface area is 191 Å². The van der Waals surface area contributed by atoms with E-state index in [0.717, 1.165) is 38.8 Å². The molecule has 33 heavy (non-hydrogen) atoms. The molecule has 0 unspecified atom stereocenters. The Kier molecular flexibility index (Phi) is 4.86. The molecule has 2 N–H and O–H groups in total. The van der Waals surface area contributed by atoms with Crippen molar-refractivity contribution in [1.82, 2.24) is 14.8 Å². The molecule has 6 nitrogen and oxygen atoms in total. The van der Waals surface area contributed by atoms with E-state index in [-0.39, 0.29) is 17.2 Å². The summed E-state index contributed by atoms with van der Waals surface area (Å²) in [7, 11) is 1.69. The third kappa shape index (κ3) is 3.33. The van der Waals surface area contributed by atoms with E-state index in [1.54, 1.807) is 25.4 Å². The summed E-state index contributed by atoms with van der Waals surface area (Å²) >= 11 is 0. The van der Waals surface area contributed by atoms with E-state index >= 15 is 0 Å². The fraction of sp³-hybridized carbons (Fsp3) is 0.385. The van der Waals surface area contributed by atoms with Gasteiger partial charge < -0.3 is 14.4 Å². The average molecular weight is 450 g/mol. The monoisotopic (exact) mass is 449 g/mol. The topological polar surface area (TPSA) is 80.1 Å². The van der Waals surface area contributed by atoms with Gasteiger partial charge in [-0.15, -0.1) is 0 Å². The minimum absolute atomic E-state index is 0.0989. The number of halogens is 1. The highest BCUT2D eigenvalue weighted by molar-refractivity contribution is 5.99. The first-order valence-corrected chi connectivity index (χ1v) is 11.1. The number of nitrogens with zero attached hydrogens (tertiary/aromatic N) is 2. The van der Waals surface area contributed by atoms with Gasteiger partial charge in [-0.2, -0.15) is 5.10 Å². The Balaban J connectivity index is 1.85. The number of nitrogens with one attached hydrogen (secondary N) is 1. The number of ether oxygens (including phenoxy) is 1. The number of hydrogen-bond acceptors (Lipinski definition) is 3. The van der Waals surface area contributed by atoms with E-state index in [9.17, 15) is 14.3 Å². The summed E-state index contributed by atoms with van der Waals surface area (Å²) in [5, 5.41) is 19.0. The fourth-order valence-electron chi connectivity index (χ4n) is 5.52. The van der Waals surface area contributed by atoms with E-state index in [1.165, 1.54) is 12.1 Å². The second-order valence-corrected chi connectivity index (χ2v) is 10.2. The lowest BCUT2D eigenvalue weighted by Crippen LogP contribution is -2.41. The number of aromatic amines is 1. The zero-order valence-corrected chi connectivity index (χ0v) is 19.3. The highest BCUT2D eigenvalue weighted by atomic mass is 19.1. The lowest BCUT2D eigenvalue weighted by molar-refractivity contribution is -0.154. The predicted octanol–water partition coefficient (Wildman–Crippen LogP) is 5.54. The Morgan fingerprint density at radius 3 is 2.64 bits per heavy atom. The zero-order valence-electron chi connectivity index (χ0n) is 19.3. The summed E-state index contributed by atoms with van der Waals surface area (Å²) in [6, 6.07) is 10.7. The second-order valence-electron chi connectivity index (χ2n) is 10.2. The quantitative estimate of drug-likeness (QED) is 0.405. The predicted molar refractivity (Wildman–Crippen MR) is 126 cm³/mol. The van der Waals surface area contributed by atoms with Gasteiger partial charge in [0.1, 0.15) is 5.82 Å². The molecular weight excluding hydrogens is 421 g/mol. The van der Waals surface area contributed by atoms with Gasteiger partial charge in [-0.3, -0.25) is 9.89 Å². The van der Waals surface area contributed by atoms with Crippen LogP contribution in [0.1, 0.15) is 50.8 Å². The molecule has 2 aromatic carbocycles. The molecule has 1 aliphatic rings. The van der Waals surface area contributed by atoms with Crippen LogP contribution in [0.3, 0.4) is 0 Å². The summed E-state index contributed by atoms with van der Waals surface area (Å²) in [4.78, 5) is 11.9. The number of carbonyl (C=O) groups is 1. The zero-order chi connectivity index (χ0) is 23.5. The third-order valence-electron chi connectivity index (χ3n) is 7.12. The molecule has 0 saturated heterocycles. The van der Waals surface area contributed by atoms with Crippen LogP contribution in [0.4, 0.5) is 4.39 Å². The first-order chi connectivity index (χ1) is 15.6. The molecule has 1 aliphatic carbocycles. The van der Waals surface area contributed by atoms with Crippen molar-refractivity contribution < 1.29 is 19.0 Å². The Morgan fingerprint density at radius 1 is 1.30 bits per heavy atom. The van der Waals surface area contributed by atoms with Crippen molar-refractivity contribution in [1.29, 1.82) is 0 Å². The minimum Gasteiger partial charge on any atom is -0.481 e. The highest BCUT2D eigenvalue weighted by Gasteiger charge is 2.49. The summed E-state index contributed by atoms with van der Waals surface area (Å²) < 4.78 is 21.6. The van der Waals surface area contributed by atoms with Crippen LogP contribution in [0.2, 0.25) is 0 Å². The van der Waals surface area contributed by atoms with Gasteiger partial charge in [-0.05, 0) is 67.6 Å². The number of rotatable bonds is 6. The maximum absolute atomic E-state index is 13.8. The number of hydrogen-bond donors (Lipinski definition) is 2. The van der Waals surface area contributed by atoms with Crippen LogP contribution in [-0.2, 0) is 14.9 Å². The Hall–Kier alpha value is -3.19. The largest absolute Gasteiger partial charge is 0.481 e. The molecule has 2 aromatic heterocycles. The molecule has 1 saturated carbocycles. The van der Waals surface area contributed by atoms with Crippen molar-refractivity contribution in [3.63, 3.8) is 0 Å². The second kappa shape index (κ2) is 7.42. The number of carboxylic acids is 1. The molecule has 5 rings (SSSR count). The Bertz CT molecular complexity index is 1360. The standard InChI is InChI=1S/C26H28FN3O3/c1-25(2,14-33-4)23-22(16-11-26(3,12-16)24(31)32)19-10-20-15(13-28-29-20)9-21(19)30(23)18-7-5-17(27)6-8-18/h5-10,13,16H,11-12,14H2,1-4H3,(H,28,29)(H,31,32)/t16-,26-. The number of fused-ring (bicyclic) bond motifs is 2.